The molecule has 0 heterocycles. The molecule has 0 aliphatic carbocycles. The number of methoxy groups -OCH3 is 1. The number of azide groups is 1. The van der Waals surface area contributed by atoms with E-state index >= 15 is 0 Å². The van der Waals surface area contributed by atoms with Gasteiger partial charge < -0.3 is 10.1 Å². The van der Waals surface area contributed by atoms with Gasteiger partial charge in [0.2, 0.25) is 5.91 Å². The van der Waals surface area contributed by atoms with Crippen molar-refractivity contribution in [1.29, 1.82) is 0 Å². The summed E-state index contributed by atoms with van der Waals surface area (Å²) in [6, 6.07) is 7.26. The summed E-state index contributed by atoms with van der Waals surface area (Å²) in [5.41, 5.74) is 9.03. The van der Waals surface area contributed by atoms with Gasteiger partial charge in [0.1, 0.15) is 12.3 Å². The van der Waals surface area contributed by atoms with Gasteiger partial charge in [-0.1, -0.05) is 17.2 Å². The van der Waals surface area contributed by atoms with Crippen LogP contribution in [-0.4, -0.2) is 19.6 Å². The Morgan fingerprint density at radius 1 is 1.65 bits per heavy atom. The van der Waals surface area contributed by atoms with E-state index in [0.717, 1.165) is 11.3 Å². The maximum absolute atomic E-state index is 11.3. The van der Waals surface area contributed by atoms with E-state index in [1.165, 1.54) is 0 Å². The number of hydrogen-bond acceptors (Lipinski definition) is 3. The van der Waals surface area contributed by atoms with E-state index in [1.54, 1.807) is 7.11 Å². The van der Waals surface area contributed by atoms with Gasteiger partial charge in [-0.05, 0) is 30.2 Å². The summed E-state index contributed by atoms with van der Waals surface area (Å²) < 4.78 is 5.10. The highest BCUT2D eigenvalue weighted by atomic mass is 16.5. The molecule has 1 aromatic carbocycles. The van der Waals surface area contributed by atoms with E-state index in [-0.39, 0.29) is 18.5 Å². The quantitative estimate of drug-likeness (QED) is 0.481. The summed E-state index contributed by atoms with van der Waals surface area (Å²) in [6.07, 6.45) is 0. The number of carbonyl (C=O) groups excluding carboxylic acids is 1. The number of carbonyl (C=O) groups is 1. The number of amides is 1. The minimum atomic E-state index is -0.307. The standard InChI is InChI=1S/C11H14N4O2/c1-8(14-11(16)7-13-15-12)9-4-3-5-10(6-9)17-2/h3-6,8H,7H2,1-2H3,(H,14,16). The Kier molecular flexibility index (Phi) is 4.84. The highest BCUT2D eigenvalue weighted by molar-refractivity contribution is 5.78. The third kappa shape index (κ3) is 4.04. The smallest absolute Gasteiger partial charge is 0.226 e. The van der Waals surface area contributed by atoms with Crippen LogP contribution >= 0.6 is 0 Å². The molecule has 6 heteroatoms. The lowest BCUT2D eigenvalue weighted by atomic mass is 10.1. The number of nitrogens with zero attached hydrogens (tertiary/aromatic N) is 3. The molecule has 1 rings (SSSR count). The highest BCUT2D eigenvalue weighted by Gasteiger charge is 2.09. The third-order valence-electron chi connectivity index (χ3n) is 2.25. The average Bonchev–Trinajstić information content (AvgIpc) is 2.36. The number of nitrogens with one attached hydrogen (secondary N) is 1. The predicted molar refractivity (Wildman–Crippen MR) is 63.6 cm³/mol. The first-order valence-corrected chi connectivity index (χ1v) is 5.11. The summed E-state index contributed by atoms with van der Waals surface area (Å²) >= 11 is 0. The van der Waals surface area contributed by atoms with Crippen LogP contribution in [-0.2, 0) is 4.79 Å². The Morgan fingerprint density at radius 2 is 2.41 bits per heavy atom. The molecule has 1 atom stereocenters. The topological polar surface area (TPSA) is 87.1 Å². The molecule has 0 fully saturated rings. The van der Waals surface area contributed by atoms with E-state index in [0.29, 0.717) is 0 Å². The van der Waals surface area contributed by atoms with Crippen molar-refractivity contribution in [2.45, 2.75) is 13.0 Å². The van der Waals surface area contributed by atoms with Crippen molar-refractivity contribution in [3.05, 3.63) is 40.3 Å². The highest BCUT2D eigenvalue weighted by Crippen LogP contribution is 2.18. The van der Waals surface area contributed by atoms with Crippen LogP contribution < -0.4 is 10.1 Å². The van der Waals surface area contributed by atoms with Crippen LogP contribution in [0.5, 0.6) is 5.75 Å². The van der Waals surface area contributed by atoms with Crippen LogP contribution in [0.1, 0.15) is 18.5 Å². The van der Waals surface area contributed by atoms with Gasteiger partial charge in [0.15, 0.2) is 0 Å². The molecule has 0 aliphatic heterocycles. The largest absolute Gasteiger partial charge is 0.497 e. The van der Waals surface area contributed by atoms with Crippen molar-refractivity contribution in [2.24, 2.45) is 5.11 Å². The van der Waals surface area contributed by atoms with Crippen molar-refractivity contribution in [1.82, 2.24) is 5.32 Å². The minimum Gasteiger partial charge on any atom is -0.497 e. The fourth-order valence-electron chi connectivity index (χ4n) is 1.38. The number of hydrogen-bond donors (Lipinski definition) is 1. The molecule has 0 radical (unpaired) electrons. The molecule has 6 nitrogen and oxygen atoms in total. The Bertz CT molecular complexity index is 441. The third-order valence-corrected chi connectivity index (χ3v) is 2.25. The van der Waals surface area contributed by atoms with Crippen LogP contribution in [0.3, 0.4) is 0 Å². The van der Waals surface area contributed by atoms with Crippen molar-refractivity contribution >= 4 is 5.91 Å². The van der Waals surface area contributed by atoms with Gasteiger partial charge in [0.25, 0.3) is 0 Å². The predicted octanol–water partition coefficient (Wildman–Crippen LogP) is 2.18. The van der Waals surface area contributed by atoms with Crippen molar-refractivity contribution < 1.29 is 9.53 Å². The van der Waals surface area contributed by atoms with Gasteiger partial charge in [-0.25, -0.2) is 0 Å². The first-order valence-electron chi connectivity index (χ1n) is 5.11. The zero-order chi connectivity index (χ0) is 12.7. The summed E-state index contributed by atoms with van der Waals surface area (Å²) in [5, 5.41) is 5.92. The van der Waals surface area contributed by atoms with Gasteiger partial charge in [-0.2, -0.15) is 0 Å². The van der Waals surface area contributed by atoms with Gasteiger partial charge in [-0.3, -0.25) is 4.79 Å². The minimum absolute atomic E-state index is 0.161. The molecule has 1 unspecified atom stereocenters. The second-order valence-corrected chi connectivity index (χ2v) is 3.45. The summed E-state index contributed by atoms with van der Waals surface area (Å²) in [5.74, 6) is 0.428. The van der Waals surface area contributed by atoms with Gasteiger partial charge in [-0.15, -0.1) is 0 Å². The first kappa shape index (κ1) is 12.9. The Morgan fingerprint density at radius 3 is 3.06 bits per heavy atom. The number of benzene rings is 1. The van der Waals surface area contributed by atoms with Crippen LogP contribution in [0, 0.1) is 0 Å². The Hall–Kier alpha value is -2.20. The van der Waals surface area contributed by atoms with Crippen molar-refractivity contribution in [3.8, 4) is 5.75 Å². The molecule has 1 aromatic rings. The zero-order valence-corrected chi connectivity index (χ0v) is 9.75. The lowest BCUT2D eigenvalue weighted by Gasteiger charge is -2.14. The monoisotopic (exact) mass is 234 g/mol. The van der Waals surface area contributed by atoms with E-state index in [4.69, 9.17) is 10.3 Å². The van der Waals surface area contributed by atoms with Gasteiger partial charge in [0.05, 0.1) is 13.2 Å². The maximum atomic E-state index is 11.3. The van der Waals surface area contributed by atoms with Crippen LogP contribution in [0.15, 0.2) is 29.4 Å². The summed E-state index contributed by atoms with van der Waals surface area (Å²) in [4.78, 5) is 13.9. The molecule has 0 aliphatic rings. The molecule has 1 N–H and O–H groups in total. The Labute approximate surface area is 99.2 Å². The van der Waals surface area contributed by atoms with E-state index in [9.17, 15) is 4.79 Å². The van der Waals surface area contributed by atoms with Gasteiger partial charge in [0, 0.05) is 4.91 Å². The second-order valence-electron chi connectivity index (χ2n) is 3.45. The SMILES string of the molecule is COc1cccc(C(C)NC(=O)CN=[N+]=[N-])c1. The molecule has 0 bridgehead atoms. The normalized spacial score (nSPS) is 11.2. The first-order chi connectivity index (χ1) is 8.17. The van der Waals surface area contributed by atoms with Crippen molar-refractivity contribution in [2.75, 3.05) is 13.7 Å². The summed E-state index contributed by atoms with van der Waals surface area (Å²) in [7, 11) is 1.59. The van der Waals surface area contributed by atoms with Gasteiger partial charge >= 0.3 is 0 Å². The van der Waals surface area contributed by atoms with E-state index in [2.05, 4.69) is 15.3 Å². The summed E-state index contributed by atoms with van der Waals surface area (Å²) in [6.45, 7) is 1.66. The fraction of sp³-hybridized carbons (Fsp3) is 0.364. The Balaban J connectivity index is 2.65. The second kappa shape index (κ2) is 6.40. The molecule has 1 amide bonds. The molecule has 0 aromatic heterocycles. The van der Waals surface area contributed by atoms with E-state index < -0.39 is 0 Å². The molecular formula is C11H14N4O2. The zero-order valence-electron chi connectivity index (χ0n) is 9.75. The number of ether oxygens (including phenoxy) is 1. The maximum Gasteiger partial charge on any atom is 0.226 e. The fourth-order valence-corrected chi connectivity index (χ4v) is 1.38. The van der Waals surface area contributed by atoms with Crippen LogP contribution in [0.4, 0.5) is 0 Å². The molecule has 90 valence electrons. The molecule has 0 saturated carbocycles. The lowest BCUT2D eigenvalue weighted by molar-refractivity contribution is -0.120. The molecule has 0 saturated heterocycles. The molecular weight excluding hydrogens is 220 g/mol. The van der Waals surface area contributed by atoms with Crippen molar-refractivity contribution in [3.63, 3.8) is 0 Å². The lowest BCUT2D eigenvalue weighted by Crippen LogP contribution is -2.28. The van der Waals surface area contributed by atoms with Crippen LogP contribution in [0.25, 0.3) is 10.4 Å². The average molecular weight is 234 g/mol. The van der Waals surface area contributed by atoms with Crippen LogP contribution in [0.2, 0.25) is 0 Å². The van der Waals surface area contributed by atoms with E-state index in [1.807, 2.05) is 31.2 Å². The molecule has 0 spiro atoms. The molecule has 17 heavy (non-hydrogen) atoms. The number of rotatable bonds is 5.